The second kappa shape index (κ2) is 10.2. The Morgan fingerprint density at radius 3 is 2.58 bits per heavy atom. The Morgan fingerprint density at radius 2 is 1.96 bits per heavy atom. The number of ether oxygens (including phenoxy) is 4. The molecule has 0 aliphatic carbocycles. The molecule has 0 spiro atoms. The van der Waals surface area contributed by atoms with Gasteiger partial charge in [-0.3, -0.25) is 4.90 Å². The van der Waals surface area contributed by atoms with Gasteiger partial charge in [0, 0.05) is 30.8 Å². The van der Waals surface area contributed by atoms with Crippen molar-refractivity contribution in [2.24, 2.45) is 0 Å². The van der Waals surface area contributed by atoms with E-state index < -0.39 is 5.97 Å². The van der Waals surface area contributed by atoms with Crippen molar-refractivity contribution < 1.29 is 23.7 Å². The van der Waals surface area contributed by atoms with Gasteiger partial charge in [-0.2, -0.15) is 0 Å². The van der Waals surface area contributed by atoms with Crippen molar-refractivity contribution in [1.82, 2.24) is 4.90 Å². The number of morpholine rings is 1. The third kappa shape index (κ3) is 5.22. The van der Waals surface area contributed by atoms with E-state index in [9.17, 15) is 4.79 Å². The van der Waals surface area contributed by atoms with Crippen LogP contribution >= 0.6 is 0 Å². The van der Waals surface area contributed by atoms with Crippen LogP contribution in [0.1, 0.15) is 41.3 Å². The maximum Gasteiger partial charge on any atom is 0.338 e. The standard InChI is InChI=1S/C20H29NO5/c1-5-6-9-26-15(2)17-12-16(14-21-7-10-25-11-8-21)19(23-3)13-18(17)20(22)24-4/h12-13H,2,5-11,14H2,1,3-4H3. The van der Waals surface area contributed by atoms with Gasteiger partial charge < -0.3 is 18.9 Å². The molecule has 0 atom stereocenters. The summed E-state index contributed by atoms with van der Waals surface area (Å²) in [6.45, 7) is 10.6. The Bertz CT molecular complexity index is 623. The molecule has 1 heterocycles. The molecule has 1 aromatic rings. The van der Waals surface area contributed by atoms with E-state index in [1.54, 1.807) is 13.2 Å². The number of hydrogen-bond donors (Lipinski definition) is 0. The molecule has 0 amide bonds. The summed E-state index contributed by atoms with van der Waals surface area (Å²) in [6.07, 6.45) is 1.96. The fourth-order valence-corrected chi connectivity index (χ4v) is 2.87. The normalized spacial score (nSPS) is 14.7. The smallest absolute Gasteiger partial charge is 0.338 e. The minimum atomic E-state index is -0.434. The molecule has 1 aromatic carbocycles. The minimum absolute atomic E-state index is 0.400. The first-order chi connectivity index (χ1) is 12.6. The Balaban J connectivity index is 2.33. The van der Waals surface area contributed by atoms with E-state index in [0.717, 1.165) is 44.7 Å². The molecular weight excluding hydrogens is 334 g/mol. The molecule has 0 N–H and O–H groups in total. The Kier molecular flexibility index (Phi) is 7.94. The number of nitrogens with zero attached hydrogens (tertiary/aromatic N) is 1. The van der Waals surface area contributed by atoms with Crippen LogP contribution in [0.25, 0.3) is 5.76 Å². The molecule has 2 rings (SSSR count). The van der Waals surface area contributed by atoms with E-state index in [4.69, 9.17) is 18.9 Å². The summed E-state index contributed by atoms with van der Waals surface area (Å²) < 4.78 is 21.6. The van der Waals surface area contributed by atoms with Gasteiger partial charge >= 0.3 is 5.97 Å². The van der Waals surface area contributed by atoms with Gasteiger partial charge in [0.05, 0.1) is 39.6 Å². The van der Waals surface area contributed by atoms with Gasteiger partial charge in [0.1, 0.15) is 11.5 Å². The quantitative estimate of drug-likeness (QED) is 0.382. The van der Waals surface area contributed by atoms with Crippen LogP contribution in [0.3, 0.4) is 0 Å². The van der Waals surface area contributed by atoms with E-state index in [1.807, 2.05) is 6.07 Å². The number of methoxy groups -OCH3 is 2. The molecule has 1 saturated heterocycles. The van der Waals surface area contributed by atoms with Gasteiger partial charge in [-0.1, -0.05) is 19.9 Å². The summed E-state index contributed by atoms with van der Waals surface area (Å²) >= 11 is 0. The molecule has 6 heteroatoms. The highest BCUT2D eigenvalue weighted by molar-refractivity contribution is 5.95. The first-order valence-corrected chi connectivity index (χ1v) is 9.02. The predicted molar refractivity (Wildman–Crippen MR) is 100 cm³/mol. The summed E-state index contributed by atoms with van der Waals surface area (Å²) in [5, 5.41) is 0. The predicted octanol–water partition coefficient (Wildman–Crippen LogP) is 3.10. The highest BCUT2D eigenvalue weighted by atomic mass is 16.5. The zero-order valence-electron chi connectivity index (χ0n) is 16.0. The van der Waals surface area contributed by atoms with Crippen LogP contribution in [0.15, 0.2) is 18.7 Å². The fourth-order valence-electron chi connectivity index (χ4n) is 2.87. The van der Waals surface area contributed by atoms with Crippen molar-refractivity contribution in [3.8, 4) is 5.75 Å². The summed E-state index contributed by atoms with van der Waals surface area (Å²) in [5.41, 5.74) is 2.03. The van der Waals surface area contributed by atoms with E-state index in [0.29, 0.717) is 35.8 Å². The van der Waals surface area contributed by atoms with Crippen molar-refractivity contribution >= 4 is 11.7 Å². The van der Waals surface area contributed by atoms with Crippen LogP contribution in [0.2, 0.25) is 0 Å². The molecule has 1 aliphatic heterocycles. The Hall–Kier alpha value is -2.05. The highest BCUT2D eigenvalue weighted by Crippen LogP contribution is 2.30. The highest BCUT2D eigenvalue weighted by Gasteiger charge is 2.21. The number of carbonyl (C=O) groups excluding carboxylic acids is 1. The van der Waals surface area contributed by atoms with Crippen LogP contribution in [-0.2, 0) is 20.8 Å². The molecular formula is C20H29NO5. The van der Waals surface area contributed by atoms with E-state index in [1.165, 1.54) is 7.11 Å². The SMILES string of the molecule is C=C(OCCCC)c1cc(CN2CCOCC2)c(OC)cc1C(=O)OC. The molecule has 1 fully saturated rings. The molecule has 0 saturated carbocycles. The van der Waals surface area contributed by atoms with Crippen LogP contribution in [-0.4, -0.2) is 58.0 Å². The van der Waals surface area contributed by atoms with Gasteiger partial charge in [-0.05, 0) is 18.6 Å². The lowest BCUT2D eigenvalue weighted by Crippen LogP contribution is -2.35. The van der Waals surface area contributed by atoms with Gasteiger partial charge in [-0.15, -0.1) is 0 Å². The molecule has 0 radical (unpaired) electrons. The number of hydrogen-bond acceptors (Lipinski definition) is 6. The monoisotopic (exact) mass is 363 g/mol. The average molecular weight is 363 g/mol. The molecule has 0 bridgehead atoms. The summed E-state index contributed by atoms with van der Waals surface area (Å²) in [6, 6.07) is 3.64. The summed E-state index contributed by atoms with van der Waals surface area (Å²) in [4.78, 5) is 14.5. The summed E-state index contributed by atoms with van der Waals surface area (Å²) in [7, 11) is 2.96. The van der Waals surface area contributed by atoms with Crippen molar-refractivity contribution in [3.05, 3.63) is 35.4 Å². The Morgan fingerprint density at radius 1 is 1.23 bits per heavy atom. The zero-order valence-corrected chi connectivity index (χ0v) is 16.0. The number of benzene rings is 1. The average Bonchev–Trinajstić information content (AvgIpc) is 2.68. The van der Waals surface area contributed by atoms with Crippen LogP contribution in [0.5, 0.6) is 5.75 Å². The number of unbranched alkanes of at least 4 members (excludes halogenated alkanes) is 1. The minimum Gasteiger partial charge on any atom is -0.496 e. The fraction of sp³-hybridized carbons (Fsp3) is 0.550. The lowest BCUT2D eigenvalue weighted by molar-refractivity contribution is 0.0339. The first-order valence-electron chi connectivity index (χ1n) is 9.02. The summed E-state index contributed by atoms with van der Waals surface area (Å²) in [5.74, 6) is 0.697. The van der Waals surface area contributed by atoms with Gasteiger partial charge in [-0.25, -0.2) is 4.79 Å². The number of esters is 1. The second-order valence-electron chi connectivity index (χ2n) is 6.21. The first kappa shape index (κ1) is 20.3. The van der Waals surface area contributed by atoms with E-state index in [2.05, 4.69) is 18.4 Å². The molecule has 26 heavy (non-hydrogen) atoms. The molecule has 144 valence electrons. The number of carbonyl (C=O) groups is 1. The van der Waals surface area contributed by atoms with Gasteiger partial charge in [0.15, 0.2) is 0 Å². The van der Waals surface area contributed by atoms with E-state index >= 15 is 0 Å². The van der Waals surface area contributed by atoms with Crippen molar-refractivity contribution in [2.45, 2.75) is 26.3 Å². The van der Waals surface area contributed by atoms with Crippen molar-refractivity contribution in [1.29, 1.82) is 0 Å². The van der Waals surface area contributed by atoms with Crippen LogP contribution in [0, 0.1) is 0 Å². The second-order valence-corrected chi connectivity index (χ2v) is 6.21. The maximum absolute atomic E-state index is 12.2. The number of rotatable bonds is 9. The van der Waals surface area contributed by atoms with Crippen LogP contribution < -0.4 is 4.74 Å². The van der Waals surface area contributed by atoms with E-state index in [-0.39, 0.29) is 0 Å². The van der Waals surface area contributed by atoms with Crippen molar-refractivity contribution in [2.75, 3.05) is 47.1 Å². The van der Waals surface area contributed by atoms with Crippen LogP contribution in [0.4, 0.5) is 0 Å². The maximum atomic E-state index is 12.2. The van der Waals surface area contributed by atoms with Gasteiger partial charge in [0.25, 0.3) is 0 Å². The largest absolute Gasteiger partial charge is 0.496 e. The zero-order chi connectivity index (χ0) is 18.9. The third-order valence-corrected chi connectivity index (χ3v) is 4.40. The van der Waals surface area contributed by atoms with Gasteiger partial charge in [0.2, 0.25) is 0 Å². The lowest BCUT2D eigenvalue weighted by Gasteiger charge is -2.27. The third-order valence-electron chi connectivity index (χ3n) is 4.40. The molecule has 0 unspecified atom stereocenters. The topological polar surface area (TPSA) is 57.2 Å². The molecule has 0 aromatic heterocycles. The van der Waals surface area contributed by atoms with Crippen molar-refractivity contribution in [3.63, 3.8) is 0 Å². The Labute approximate surface area is 155 Å². The molecule has 1 aliphatic rings. The molecule has 6 nitrogen and oxygen atoms in total. The lowest BCUT2D eigenvalue weighted by atomic mass is 10.0.